The summed E-state index contributed by atoms with van der Waals surface area (Å²) in [5.74, 6) is -0.0649. The molecule has 0 amide bonds. The SMILES string of the molecule is COc1cccc(/C=C(\C#N)c2nc3ccccc3[nH]2)c1O[C@H](C)C(=O)O. The van der Waals surface area contributed by atoms with E-state index in [-0.39, 0.29) is 11.3 Å². The van der Waals surface area contributed by atoms with Crippen LogP contribution in [0.3, 0.4) is 0 Å². The van der Waals surface area contributed by atoms with Crippen LogP contribution in [0.2, 0.25) is 0 Å². The highest BCUT2D eigenvalue weighted by molar-refractivity contribution is 5.91. The summed E-state index contributed by atoms with van der Waals surface area (Å²) in [6.07, 6.45) is 0.509. The second-order valence-corrected chi connectivity index (χ2v) is 5.75. The maximum Gasteiger partial charge on any atom is 0.344 e. The number of nitrogens with zero attached hydrogens (tertiary/aromatic N) is 2. The predicted molar refractivity (Wildman–Crippen MR) is 100 cm³/mol. The van der Waals surface area contributed by atoms with E-state index in [0.29, 0.717) is 17.1 Å². The molecule has 136 valence electrons. The number of imidazole rings is 1. The van der Waals surface area contributed by atoms with Crippen molar-refractivity contribution in [1.82, 2.24) is 9.97 Å². The van der Waals surface area contributed by atoms with E-state index in [4.69, 9.17) is 14.6 Å². The van der Waals surface area contributed by atoms with Crippen LogP contribution >= 0.6 is 0 Å². The largest absolute Gasteiger partial charge is 0.493 e. The van der Waals surface area contributed by atoms with Crippen molar-refractivity contribution >= 4 is 28.7 Å². The number of fused-ring (bicyclic) bond motifs is 1. The number of para-hydroxylation sites is 3. The molecule has 1 atom stereocenters. The number of allylic oxidation sites excluding steroid dienone is 1. The van der Waals surface area contributed by atoms with Gasteiger partial charge in [0.2, 0.25) is 0 Å². The first-order chi connectivity index (χ1) is 13.0. The molecule has 0 aliphatic rings. The number of rotatable bonds is 6. The van der Waals surface area contributed by atoms with Gasteiger partial charge in [-0.1, -0.05) is 24.3 Å². The first-order valence-corrected chi connectivity index (χ1v) is 8.17. The Morgan fingerprint density at radius 2 is 2.07 bits per heavy atom. The summed E-state index contributed by atoms with van der Waals surface area (Å²) in [7, 11) is 1.46. The number of carboxylic acid groups (broad SMARTS) is 1. The van der Waals surface area contributed by atoms with Crippen LogP contribution < -0.4 is 9.47 Å². The standard InChI is InChI=1S/C20H17N3O4/c1-12(20(24)25)27-18-13(6-5-9-17(18)26-2)10-14(11-21)19-22-15-7-3-4-8-16(15)23-19/h3-10,12H,1-2H3,(H,22,23)(H,24,25)/b14-10+/t12-/m1/s1. The second kappa shape index (κ2) is 7.62. The van der Waals surface area contributed by atoms with E-state index in [2.05, 4.69) is 16.0 Å². The van der Waals surface area contributed by atoms with E-state index in [1.165, 1.54) is 14.0 Å². The number of aromatic nitrogens is 2. The van der Waals surface area contributed by atoms with Crippen LogP contribution in [0.1, 0.15) is 18.3 Å². The molecule has 0 aliphatic carbocycles. The van der Waals surface area contributed by atoms with Crippen LogP contribution in [0.25, 0.3) is 22.7 Å². The van der Waals surface area contributed by atoms with Crippen LogP contribution in [-0.4, -0.2) is 34.3 Å². The van der Waals surface area contributed by atoms with E-state index >= 15 is 0 Å². The summed E-state index contributed by atoms with van der Waals surface area (Å²) in [5, 5.41) is 18.7. The molecule has 0 saturated heterocycles. The second-order valence-electron chi connectivity index (χ2n) is 5.75. The molecule has 1 aromatic heterocycles. The average molecular weight is 363 g/mol. The van der Waals surface area contributed by atoms with Crippen LogP contribution in [-0.2, 0) is 4.79 Å². The lowest BCUT2D eigenvalue weighted by atomic mass is 10.1. The van der Waals surface area contributed by atoms with Crippen molar-refractivity contribution < 1.29 is 19.4 Å². The summed E-state index contributed by atoms with van der Waals surface area (Å²) >= 11 is 0. The Labute approximate surface area is 155 Å². The van der Waals surface area contributed by atoms with Gasteiger partial charge in [-0.25, -0.2) is 9.78 Å². The van der Waals surface area contributed by atoms with Gasteiger partial charge in [0, 0.05) is 5.56 Å². The molecule has 7 nitrogen and oxygen atoms in total. The molecular weight excluding hydrogens is 346 g/mol. The Balaban J connectivity index is 2.08. The third-order valence-electron chi connectivity index (χ3n) is 3.94. The number of H-pyrrole nitrogens is 1. The summed E-state index contributed by atoms with van der Waals surface area (Å²) in [6, 6.07) is 14.7. The van der Waals surface area contributed by atoms with Crippen LogP contribution in [0.15, 0.2) is 42.5 Å². The molecule has 2 N–H and O–H groups in total. The molecule has 0 fully saturated rings. The number of hydrogen-bond donors (Lipinski definition) is 2. The molecular formula is C20H17N3O4. The van der Waals surface area contributed by atoms with Crippen molar-refractivity contribution in [2.24, 2.45) is 0 Å². The highest BCUT2D eigenvalue weighted by atomic mass is 16.5. The molecule has 0 radical (unpaired) electrons. The fourth-order valence-electron chi connectivity index (χ4n) is 2.55. The average Bonchev–Trinajstić information content (AvgIpc) is 3.10. The molecule has 0 spiro atoms. The molecule has 3 aromatic rings. The van der Waals surface area contributed by atoms with E-state index in [0.717, 1.165) is 11.0 Å². The third kappa shape index (κ3) is 3.75. The first-order valence-electron chi connectivity index (χ1n) is 8.17. The summed E-state index contributed by atoms with van der Waals surface area (Å²) in [6.45, 7) is 1.42. The van der Waals surface area contributed by atoms with Gasteiger partial charge in [0.05, 0.1) is 23.7 Å². The van der Waals surface area contributed by atoms with Gasteiger partial charge in [-0.2, -0.15) is 5.26 Å². The zero-order chi connectivity index (χ0) is 19.4. The molecule has 27 heavy (non-hydrogen) atoms. The van der Waals surface area contributed by atoms with Gasteiger partial charge in [0.25, 0.3) is 0 Å². The Morgan fingerprint density at radius 3 is 2.74 bits per heavy atom. The zero-order valence-electron chi connectivity index (χ0n) is 14.8. The summed E-state index contributed by atoms with van der Waals surface area (Å²) in [5.41, 5.74) is 2.36. The minimum Gasteiger partial charge on any atom is -0.493 e. The van der Waals surface area contributed by atoms with E-state index in [9.17, 15) is 10.1 Å². The number of carbonyl (C=O) groups is 1. The molecule has 1 heterocycles. The summed E-state index contributed by atoms with van der Waals surface area (Å²) < 4.78 is 10.8. The van der Waals surface area contributed by atoms with Crippen molar-refractivity contribution in [2.45, 2.75) is 13.0 Å². The van der Waals surface area contributed by atoms with E-state index in [1.54, 1.807) is 24.3 Å². The molecule has 7 heteroatoms. The van der Waals surface area contributed by atoms with Gasteiger partial charge < -0.3 is 19.6 Å². The summed E-state index contributed by atoms with van der Waals surface area (Å²) in [4.78, 5) is 18.7. The maximum atomic E-state index is 11.2. The monoisotopic (exact) mass is 363 g/mol. The van der Waals surface area contributed by atoms with Gasteiger partial charge >= 0.3 is 5.97 Å². The number of aliphatic carboxylic acids is 1. The minimum atomic E-state index is -1.10. The quantitative estimate of drug-likeness (QED) is 0.649. The Bertz CT molecular complexity index is 1030. The van der Waals surface area contributed by atoms with Gasteiger partial charge in [-0.15, -0.1) is 0 Å². The van der Waals surface area contributed by atoms with Gasteiger partial charge in [-0.05, 0) is 31.2 Å². The number of nitriles is 1. The Morgan fingerprint density at radius 1 is 1.30 bits per heavy atom. The first kappa shape index (κ1) is 18.0. The Hall–Kier alpha value is -3.79. The third-order valence-corrected chi connectivity index (χ3v) is 3.94. The number of nitrogens with one attached hydrogen (secondary N) is 1. The lowest BCUT2D eigenvalue weighted by molar-refractivity contribution is -0.144. The normalized spacial score (nSPS) is 12.4. The van der Waals surface area contributed by atoms with Crippen molar-refractivity contribution in [2.75, 3.05) is 7.11 Å². The highest BCUT2D eigenvalue weighted by Gasteiger charge is 2.19. The maximum absolute atomic E-state index is 11.2. The van der Waals surface area contributed by atoms with Crippen LogP contribution in [0, 0.1) is 11.3 Å². The van der Waals surface area contributed by atoms with Gasteiger partial charge in [0.1, 0.15) is 11.9 Å². The Kier molecular flexibility index (Phi) is 5.08. The highest BCUT2D eigenvalue weighted by Crippen LogP contribution is 2.34. The topological polar surface area (TPSA) is 108 Å². The lowest BCUT2D eigenvalue weighted by Gasteiger charge is -2.16. The number of ether oxygens (including phenoxy) is 2. The van der Waals surface area contributed by atoms with Crippen LogP contribution in [0.5, 0.6) is 11.5 Å². The zero-order valence-corrected chi connectivity index (χ0v) is 14.8. The fourth-order valence-corrected chi connectivity index (χ4v) is 2.55. The molecule has 2 aromatic carbocycles. The fraction of sp³-hybridized carbons (Fsp3) is 0.150. The van der Waals surface area contributed by atoms with Gasteiger partial charge in [-0.3, -0.25) is 0 Å². The number of hydrogen-bond acceptors (Lipinski definition) is 5. The molecule has 0 saturated carbocycles. The molecule has 0 aliphatic heterocycles. The number of carboxylic acids is 1. The molecule has 0 unspecified atom stereocenters. The molecule has 0 bridgehead atoms. The van der Waals surface area contributed by atoms with Crippen molar-refractivity contribution in [3.63, 3.8) is 0 Å². The minimum absolute atomic E-state index is 0.249. The van der Waals surface area contributed by atoms with Gasteiger partial charge in [0.15, 0.2) is 17.6 Å². The number of benzene rings is 2. The van der Waals surface area contributed by atoms with E-state index in [1.807, 2.05) is 24.3 Å². The van der Waals surface area contributed by atoms with Crippen molar-refractivity contribution in [3.8, 4) is 17.6 Å². The number of aromatic amines is 1. The molecule has 3 rings (SSSR count). The lowest BCUT2D eigenvalue weighted by Crippen LogP contribution is -2.23. The van der Waals surface area contributed by atoms with E-state index < -0.39 is 12.1 Å². The smallest absolute Gasteiger partial charge is 0.344 e. The van der Waals surface area contributed by atoms with Crippen molar-refractivity contribution in [1.29, 1.82) is 5.26 Å². The number of methoxy groups -OCH3 is 1. The predicted octanol–water partition coefficient (Wildman–Crippen LogP) is 3.49. The van der Waals surface area contributed by atoms with Crippen LogP contribution in [0.4, 0.5) is 0 Å². The van der Waals surface area contributed by atoms with Crippen molar-refractivity contribution in [3.05, 3.63) is 53.9 Å².